The van der Waals surface area contributed by atoms with Gasteiger partial charge in [0.05, 0.1) is 18.8 Å². The molecule has 0 aromatic rings. The molecule has 17 heavy (non-hydrogen) atoms. The number of carboxylic acid groups (broad SMARTS) is 2. The van der Waals surface area contributed by atoms with Crippen molar-refractivity contribution in [1.29, 1.82) is 0 Å². The van der Waals surface area contributed by atoms with E-state index >= 15 is 0 Å². The van der Waals surface area contributed by atoms with Gasteiger partial charge in [0.2, 0.25) is 0 Å². The van der Waals surface area contributed by atoms with Gasteiger partial charge in [-0.05, 0) is 6.92 Å². The van der Waals surface area contributed by atoms with E-state index in [-0.39, 0.29) is 13.2 Å². The van der Waals surface area contributed by atoms with E-state index in [2.05, 4.69) is 0 Å². The van der Waals surface area contributed by atoms with Gasteiger partial charge < -0.3 is 36.4 Å². The van der Waals surface area contributed by atoms with Crippen LogP contribution in [0.25, 0.3) is 0 Å². The Morgan fingerprint density at radius 1 is 1.06 bits per heavy atom. The van der Waals surface area contributed by atoms with Crippen LogP contribution >= 0.6 is 0 Å². The maximum absolute atomic E-state index is 9.77. The largest absolute Gasteiger partial charge is 0.479 e. The average Bonchev–Trinajstić information content (AvgIpc) is 2.27. The molecule has 0 bridgehead atoms. The van der Waals surface area contributed by atoms with Crippen LogP contribution in [0.5, 0.6) is 0 Å². The molecule has 0 aliphatic rings. The van der Waals surface area contributed by atoms with Crippen LogP contribution in [0.1, 0.15) is 6.92 Å². The number of hydrogen-bond donors (Lipinski definition) is 7. The smallest absolute Gasteiger partial charge is 0.335 e. The molecule has 0 heterocycles. The Labute approximate surface area is 96.7 Å². The Morgan fingerprint density at radius 3 is 1.35 bits per heavy atom. The second-order valence-electron chi connectivity index (χ2n) is 3.54. The molecule has 0 aliphatic carbocycles. The lowest BCUT2D eigenvalue weighted by molar-refractivity contribution is -0.165. The van der Waals surface area contributed by atoms with Gasteiger partial charge in [0.15, 0.2) is 12.2 Å². The van der Waals surface area contributed by atoms with Gasteiger partial charge in [0, 0.05) is 0 Å². The van der Waals surface area contributed by atoms with E-state index in [0.29, 0.717) is 0 Å². The van der Waals surface area contributed by atoms with Gasteiger partial charge in [-0.15, -0.1) is 0 Å². The standard InChI is InChI=1S/C4H11NO2.C4H6O6/c1-4(5,2-6)3-7;5-1(3(7)8)2(6)4(9)10/h6-7H,2-3,5H2,1H3;1-2,5-6H,(H,7,8)(H,9,10). The zero-order valence-corrected chi connectivity index (χ0v) is 9.15. The number of carboxylic acids is 2. The summed E-state index contributed by atoms with van der Waals surface area (Å²) in [7, 11) is 0. The number of rotatable bonds is 5. The molecule has 0 amide bonds. The number of aliphatic hydroxyl groups excluding tert-OH is 4. The molecular formula is C8H17NO8. The van der Waals surface area contributed by atoms with Crippen LogP contribution in [0.2, 0.25) is 0 Å². The molecule has 0 rings (SSSR count). The lowest BCUT2D eigenvalue weighted by Gasteiger charge is -2.16. The average molecular weight is 255 g/mol. The third kappa shape index (κ3) is 8.54. The molecule has 2 atom stereocenters. The summed E-state index contributed by atoms with van der Waals surface area (Å²) >= 11 is 0. The Bertz CT molecular complexity index is 230. The summed E-state index contributed by atoms with van der Waals surface area (Å²) in [6.45, 7) is 1.22. The highest BCUT2D eigenvalue weighted by molar-refractivity contribution is 5.83. The summed E-state index contributed by atoms with van der Waals surface area (Å²) in [5, 5.41) is 49.1. The van der Waals surface area contributed by atoms with Gasteiger partial charge in [0.25, 0.3) is 0 Å². The molecule has 0 fully saturated rings. The molecule has 9 heteroatoms. The van der Waals surface area contributed by atoms with Crippen molar-refractivity contribution in [3.8, 4) is 0 Å². The second kappa shape index (κ2) is 7.92. The third-order valence-electron chi connectivity index (χ3n) is 1.53. The van der Waals surface area contributed by atoms with Crippen molar-refractivity contribution < 1.29 is 40.2 Å². The van der Waals surface area contributed by atoms with Crippen LogP contribution in [-0.4, -0.2) is 73.5 Å². The lowest BCUT2D eigenvalue weighted by Crippen LogP contribution is -2.43. The number of nitrogens with two attached hydrogens (primary N) is 1. The van der Waals surface area contributed by atoms with Crippen LogP contribution in [0.4, 0.5) is 0 Å². The van der Waals surface area contributed by atoms with E-state index in [9.17, 15) is 9.59 Å². The van der Waals surface area contributed by atoms with Crippen molar-refractivity contribution in [2.45, 2.75) is 24.7 Å². The van der Waals surface area contributed by atoms with E-state index in [1.807, 2.05) is 0 Å². The Balaban J connectivity index is 0. The van der Waals surface area contributed by atoms with Gasteiger partial charge in [-0.1, -0.05) is 0 Å². The first-order valence-corrected chi connectivity index (χ1v) is 4.41. The molecule has 0 spiro atoms. The van der Waals surface area contributed by atoms with E-state index in [1.54, 1.807) is 6.92 Å². The van der Waals surface area contributed by atoms with Crippen LogP contribution in [0.3, 0.4) is 0 Å². The van der Waals surface area contributed by atoms with Gasteiger partial charge >= 0.3 is 11.9 Å². The van der Waals surface area contributed by atoms with Crippen molar-refractivity contribution in [3.63, 3.8) is 0 Å². The van der Waals surface area contributed by atoms with Crippen molar-refractivity contribution in [3.05, 3.63) is 0 Å². The molecule has 0 radical (unpaired) electrons. The fraction of sp³-hybridized carbons (Fsp3) is 0.750. The van der Waals surface area contributed by atoms with E-state index in [0.717, 1.165) is 0 Å². The summed E-state index contributed by atoms with van der Waals surface area (Å²) in [5.74, 6) is -3.54. The maximum atomic E-state index is 9.77. The normalized spacial score (nSPS) is 14.2. The summed E-state index contributed by atoms with van der Waals surface area (Å²) in [6.07, 6.45) is -4.53. The van der Waals surface area contributed by atoms with Crippen LogP contribution in [0, 0.1) is 0 Å². The zero-order valence-electron chi connectivity index (χ0n) is 9.15. The molecule has 9 nitrogen and oxygen atoms in total. The minimum Gasteiger partial charge on any atom is -0.479 e. The van der Waals surface area contributed by atoms with Crippen LogP contribution in [0.15, 0.2) is 0 Å². The van der Waals surface area contributed by atoms with E-state index in [4.69, 9.17) is 36.4 Å². The second-order valence-corrected chi connectivity index (χ2v) is 3.54. The van der Waals surface area contributed by atoms with Crippen LogP contribution < -0.4 is 5.73 Å². The van der Waals surface area contributed by atoms with Crippen molar-refractivity contribution in [1.82, 2.24) is 0 Å². The Morgan fingerprint density at radius 2 is 1.29 bits per heavy atom. The van der Waals surface area contributed by atoms with Gasteiger partial charge in [0.1, 0.15) is 0 Å². The predicted molar refractivity (Wildman–Crippen MR) is 54.0 cm³/mol. The molecule has 0 aliphatic heterocycles. The summed E-state index contributed by atoms with van der Waals surface area (Å²) in [5.41, 5.74) is 4.41. The number of hydrogen-bond acceptors (Lipinski definition) is 7. The fourth-order valence-corrected chi connectivity index (χ4v) is 0.320. The fourth-order valence-electron chi connectivity index (χ4n) is 0.320. The van der Waals surface area contributed by atoms with E-state index < -0.39 is 29.7 Å². The first-order chi connectivity index (χ1) is 7.59. The zero-order chi connectivity index (χ0) is 14.2. The summed E-state index contributed by atoms with van der Waals surface area (Å²) in [6, 6.07) is 0. The molecule has 8 N–H and O–H groups in total. The monoisotopic (exact) mass is 255 g/mol. The molecule has 102 valence electrons. The first-order valence-electron chi connectivity index (χ1n) is 4.41. The first kappa shape index (κ1) is 18.1. The summed E-state index contributed by atoms with van der Waals surface area (Å²) < 4.78 is 0. The highest BCUT2D eigenvalue weighted by Gasteiger charge is 2.29. The number of aliphatic carboxylic acids is 2. The van der Waals surface area contributed by atoms with Crippen molar-refractivity contribution in [2.75, 3.05) is 13.2 Å². The maximum Gasteiger partial charge on any atom is 0.335 e. The third-order valence-corrected chi connectivity index (χ3v) is 1.53. The quantitative estimate of drug-likeness (QED) is 0.263. The topological polar surface area (TPSA) is 182 Å². The SMILES string of the molecule is CC(N)(CO)CO.O=C(O)C(O)C(O)C(=O)O. The molecule has 0 saturated heterocycles. The summed E-state index contributed by atoms with van der Waals surface area (Å²) in [4.78, 5) is 19.5. The van der Waals surface area contributed by atoms with E-state index in [1.165, 1.54) is 0 Å². The van der Waals surface area contributed by atoms with Gasteiger partial charge in [-0.25, -0.2) is 9.59 Å². The molecule has 0 aromatic carbocycles. The number of carbonyl (C=O) groups is 2. The highest BCUT2D eigenvalue weighted by atomic mass is 16.4. The molecule has 2 unspecified atom stereocenters. The highest BCUT2D eigenvalue weighted by Crippen LogP contribution is 1.92. The van der Waals surface area contributed by atoms with Crippen molar-refractivity contribution in [2.24, 2.45) is 5.73 Å². The molecular weight excluding hydrogens is 238 g/mol. The van der Waals surface area contributed by atoms with Crippen molar-refractivity contribution >= 4 is 11.9 Å². The van der Waals surface area contributed by atoms with Gasteiger partial charge in [-0.3, -0.25) is 0 Å². The lowest BCUT2D eigenvalue weighted by atomic mass is 10.1. The van der Waals surface area contributed by atoms with Gasteiger partial charge in [-0.2, -0.15) is 0 Å². The predicted octanol–water partition coefficient (Wildman–Crippen LogP) is -3.43. The minimum absolute atomic E-state index is 0.177. The van der Waals surface area contributed by atoms with Crippen LogP contribution in [-0.2, 0) is 9.59 Å². The Hall–Kier alpha value is -1.26. The minimum atomic E-state index is -2.27. The molecule has 0 saturated carbocycles. The number of aliphatic hydroxyl groups is 4. The molecule has 0 aromatic heterocycles. The Kier molecular flexibility index (Phi) is 8.44.